The van der Waals surface area contributed by atoms with Crippen molar-refractivity contribution in [2.45, 2.75) is 76.5 Å². The number of carbonyl (C=O) groups is 1. The molecular formula is C32H33F3N8O4S. The highest BCUT2D eigenvalue weighted by Crippen LogP contribution is 2.44. The number of sulfonamides is 1. The topological polar surface area (TPSA) is 158 Å². The number of carboxylic acids is 1. The van der Waals surface area contributed by atoms with E-state index in [2.05, 4.69) is 20.2 Å². The van der Waals surface area contributed by atoms with Crippen molar-refractivity contribution >= 4 is 27.5 Å². The van der Waals surface area contributed by atoms with E-state index in [0.717, 1.165) is 23.7 Å². The summed E-state index contributed by atoms with van der Waals surface area (Å²) >= 11 is 0. The Morgan fingerprint density at radius 3 is 2.58 bits per heavy atom. The minimum absolute atomic E-state index is 0.0481. The van der Waals surface area contributed by atoms with Gasteiger partial charge in [-0.1, -0.05) is 6.07 Å². The minimum Gasteiger partial charge on any atom is -0.481 e. The van der Waals surface area contributed by atoms with Crippen LogP contribution in [0, 0.1) is 30.6 Å². The number of aryl methyl sites for hydroxylation is 2. The quantitative estimate of drug-likeness (QED) is 0.299. The number of hydrogen-bond donors (Lipinski definition) is 1. The van der Waals surface area contributed by atoms with Gasteiger partial charge in [0.05, 0.1) is 11.0 Å². The van der Waals surface area contributed by atoms with E-state index in [9.17, 15) is 36.8 Å². The summed E-state index contributed by atoms with van der Waals surface area (Å²) in [5.41, 5.74) is 0.777. The van der Waals surface area contributed by atoms with Gasteiger partial charge in [0.25, 0.3) is 0 Å². The molecule has 0 spiro atoms. The average molecular weight is 683 g/mol. The molecule has 2 aliphatic heterocycles. The second-order valence-electron chi connectivity index (χ2n) is 12.9. The maximum absolute atomic E-state index is 14.2. The number of aliphatic carboxylic acids is 1. The molecule has 2 aliphatic rings. The number of aromatic nitrogens is 5. The number of fused-ring (bicyclic) bond motifs is 4. The Labute approximate surface area is 274 Å². The van der Waals surface area contributed by atoms with Crippen LogP contribution in [-0.4, -0.2) is 67.5 Å². The van der Waals surface area contributed by atoms with Crippen molar-refractivity contribution in [3.05, 3.63) is 76.1 Å². The zero-order chi connectivity index (χ0) is 34.8. The third-order valence-electron chi connectivity index (χ3n) is 9.49. The fourth-order valence-corrected chi connectivity index (χ4v) is 8.44. The lowest BCUT2D eigenvalue weighted by molar-refractivity contribution is -0.147. The maximum Gasteiger partial charge on any atom is 0.452 e. The number of nitrogens with zero attached hydrogens (tertiary/aromatic N) is 8. The molecular weight excluding hydrogens is 649 g/mol. The molecule has 0 aromatic carbocycles. The first-order valence-electron chi connectivity index (χ1n) is 15.3. The van der Waals surface area contributed by atoms with Crippen molar-refractivity contribution in [1.29, 1.82) is 5.26 Å². The molecule has 4 aromatic heterocycles. The van der Waals surface area contributed by atoms with Crippen LogP contribution >= 0.6 is 0 Å². The van der Waals surface area contributed by atoms with Crippen molar-refractivity contribution in [2.75, 3.05) is 18.0 Å². The van der Waals surface area contributed by atoms with Crippen molar-refractivity contribution in [3.63, 3.8) is 0 Å². The summed E-state index contributed by atoms with van der Waals surface area (Å²) in [4.78, 5) is 23.6. The van der Waals surface area contributed by atoms with Crippen LogP contribution in [0.4, 0.5) is 19.0 Å². The predicted molar refractivity (Wildman–Crippen MR) is 166 cm³/mol. The number of piperidine rings is 1. The van der Waals surface area contributed by atoms with E-state index < -0.39 is 39.3 Å². The van der Waals surface area contributed by atoms with Crippen LogP contribution in [0.1, 0.15) is 78.4 Å². The van der Waals surface area contributed by atoms with E-state index in [1.165, 1.54) is 48.9 Å². The number of nitriles is 1. The molecule has 0 saturated carbocycles. The number of halogens is 3. The lowest BCUT2D eigenvalue weighted by atomic mass is 9.70. The number of hydrogen-bond acceptors (Lipinski definition) is 9. The Balaban J connectivity index is 1.46. The van der Waals surface area contributed by atoms with Gasteiger partial charge in [-0.25, -0.2) is 13.4 Å². The molecule has 48 heavy (non-hydrogen) atoms. The first-order chi connectivity index (χ1) is 22.5. The molecule has 16 heteroatoms. The van der Waals surface area contributed by atoms with Gasteiger partial charge in [-0.05, 0) is 81.3 Å². The number of anilines is 1. The molecule has 0 radical (unpaired) electrons. The summed E-state index contributed by atoms with van der Waals surface area (Å²) in [5.74, 6) is -2.96. The molecule has 0 unspecified atom stereocenters. The lowest BCUT2D eigenvalue weighted by Crippen LogP contribution is -2.45. The first-order valence-corrected chi connectivity index (χ1v) is 16.8. The zero-order valence-corrected chi connectivity index (χ0v) is 27.5. The molecule has 0 aliphatic carbocycles. The van der Waals surface area contributed by atoms with Gasteiger partial charge in [-0.2, -0.15) is 22.7 Å². The summed E-state index contributed by atoms with van der Waals surface area (Å²) in [5, 5.41) is 27.0. The number of pyridine rings is 3. The molecule has 6 heterocycles. The van der Waals surface area contributed by atoms with Gasteiger partial charge < -0.3 is 10.0 Å². The largest absolute Gasteiger partial charge is 0.481 e. The second-order valence-corrected chi connectivity index (χ2v) is 14.8. The van der Waals surface area contributed by atoms with E-state index in [1.807, 2.05) is 11.0 Å². The highest BCUT2D eigenvalue weighted by molar-refractivity contribution is 7.89. The van der Waals surface area contributed by atoms with Crippen LogP contribution in [0.5, 0.6) is 0 Å². The van der Waals surface area contributed by atoms with E-state index in [4.69, 9.17) is 0 Å². The third-order valence-corrected chi connectivity index (χ3v) is 11.3. The number of carboxylic acid groups (broad SMARTS) is 1. The Morgan fingerprint density at radius 2 is 1.90 bits per heavy atom. The molecule has 1 fully saturated rings. The normalized spacial score (nSPS) is 18.9. The van der Waals surface area contributed by atoms with E-state index in [1.54, 1.807) is 19.9 Å². The molecule has 0 amide bonds. The van der Waals surface area contributed by atoms with Crippen molar-refractivity contribution in [1.82, 2.24) is 28.9 Å². The van der Waals surface area contributed by atoms with Crippen LogP contribution in [0.25, 0.3) is 5.65 Å². The smallest absolute Gasteiger partial charge is 0.452 e. The zero-order valence-electron chi connectivity index (χ0n) is 26.7. The summed E-state index contributed by atoms with van der Waals surface area (Å²) < 4.78 is 71.4. The summed E-state index contributed by atoms with van der Waals surface area (Å²) in [6.45, 7) is 7.02. The Morgan fingerprint density at radius 1 is 1.15 bits per heavy atom. The van der Waals surface area contributed by atoms with Crippen LogP contribution in [0.3, 0.4) is 0 Å². The summed E-state index contributed by atoms with van der Waals surface area (Å²) in [6, 6.07) is 6.33. The van der Waals surface area contributed by atoms with Crippen molar-refractivity contribution in [3.8, 4) is 6.07 Å². The molecule has 4 aromatic rings. The van der Waals surface area contributed by atoms with E-state index in [0.29, 0.717) is 40.3 Å². The minimum atomic E-state index is -4.75. The standard InChI is InChI=1S/C32H33F3N8O4S/c1-18-24(8-10-43-27(18)39-40-29(43)32(33,34)35)26(31(3,4)30(44)45)21-12-22(19(2)37-15-21)16-41-17-23-7-5-6-9-42(23)28-25(48(41,46)47)11-20(13-36)14-38-28/h8,10-12,14-15,23,26H,5-7,9,16-17H2,1-4H3,(H,44,45)/t23-,26+/m0/s1. The second kappa shape index (κ2) is 11.8. The van der Waals surface area contributed by atoms with Crippen LogP contribution in [0.2, 0.25) is 0 Å². The van der Waals surface area contributed by atoms with Gasteiger partial charge in [0, 0.05) is 55.9 Å². The van der Waals surface area contributed by atoms with E-state index in [-0.39, 0.29) is 35.2 Å². The molecule has 1 N–H and O–H groups in total. The summed E-state index contributed by atoms with van der Waals surface area (Å²) in [6.07, 6.45) is 1.86. The lowest BCUT2D eigenvalue weighted by Gasteiger charge is -2.36. The fourth-order valence-electron chi connectivity index (χ4n) is 6.81. The van der Waals surface area contributed by atoms with Gasteiger partial charge in [0.1, 0.15) is 16.8 Å². The fraction of sp³-hybridized carbons (Fsp3) is 0.438. The van der Waals surface area contributed by atoms with Gasteiger partial charge in [0.2, 0.25) is 15.8 Å². The predicted octanol–water partition coefficient (Wildman–Crippen LogP) is 4.83. The highest BCUT2D eigenvalue weighted by Gasteiger charge is 2.43. The number of alkyl halides is 3. The van der Waals surface area contributed by atoms with Gasteiger partial charge in [0.15, 0.2) is 5.65 Å². The Bertz CT molecular complexity index is 2090. The van der Waals surface area contributed by atoms with E-state index >= 15 is 0 Å². The van der Waals surface area contributed by atoms with Crippen LogP contribution in [0.15, 0.2) is 41.7 Å². The Hall–Kier alpha value is -4.62. The number of rotatable bonds is 6. The average Bonchev–Trinajstić information content (AvgIpc) is 3.46. The summed E-state index contributed by atoms with van der Waals surface area (Å²) in [7, 11) is -4.15. The molecule has 6 rings (SSSR count). The first kappa shape index (κ1) is 33.3. The molecule has 12 nitrogen and oxygen atoms in total. The highest BCUT2D eigenvalue weighted by atomic mass is 32.2. The molecule has 1 saturated heterocycles. The monoisotopic (exact) mass is 682 g/mol. The van der Waals surface area contributed by atoms with Gasteiger partial charge in [-0.3, -0.25) is 14.2 Å². The SMILES string of the molecule is Cc1ncc([C@H](c2ccn3c(C(F)(F)F)nnc3c2C)C(C)(C)C(=O)O)cc1CN1C[C@@H]2CCCCN2c2ncc(C#N)cc2S1(=O)=O. The molecule has 252 valence electrons. The van der Waals surface area contributed by atoms with Gasteiger partial charge in [-0.15, -0.1) is 10.2 Å². The maximum atomic E-state index is 14.2. The van der Waals surface area contributed by atoms with Crippen molar-refractivity contribution in [2.24, 2.45) is 5.41 Å². The third kappa shape index (κ3) is 5.54. The van der Waals surface area contributed by atoms with Crippen LogP contribution in [-0.2, 0) is 27.5 Å². The Kier molecular flexibility index (Phi) is 8.19. The van der Waals surface area contributed by atoms with Gasteiger partial charge >= 0.3 is 12.1 Å². The van der Waals surface area contributed by atoms with Crippen LogP contribution < -0.4 is 4.90 Å². The van der Waals surface area contributed by atoms with Crippen molar-refractivity contribution < 1.29 is 31.5 Å². The molecule has 0 bridgehead atoms. The molecule has 2 atom stereocenters.